The quantitative estimate of drug-likeness (QED) is 0.807. The third kappa shape index (κ3) is 5.44. The van der Waals surface area contributed by atoms with Crippen LogP contribution in [0.2, 0.25) is 0 Å². The number of hydrogen-bond acceptors (Lipinski definition) is 2. The van der Waals surface area contributed by atoms with Crippen LogP contribution < -0.4 is 5.32 Å². The molecule has 1 N–H and O–H groups in total. The van der Waals surface area contributed by atoms with E-state index in [0.717, 1.165) is 5.92 Å². The minimum atomic E-state index is 0.526. The molecular weight excluding hydrogens is 256 g/mol. The van der Waals surface area contributed by atoms with Crippen molar-refractivity contribution in [2.24, 2.45) is 5.92 Å². The molecule has 1 aliphatic heterocycles. The van der Waals surface area contributed by atoms with Gasteiger partial charge in [-0.3, -0.25) is 0 Å². The first kappa shape index (κ1) is 16.5. The fourth-order valence-electron chi connectivity index (χ4n) is 3.40. The van der Waals surface area contributed by atoms with Crippen molar-refractivity contribution in [1.82, 2.24) is 10.2 Å². The maximum Gasteiger partial charge on any atom is 0.0322 e. The zero-order valence-corrected chi connectivity index (χ0v) is 14.0. The average Bonchev–Trinajstić information content (AvgIpc) is 2.49. The lowest BCUT2D eigenvalue weighted by atomic mass is 9.97. The second-order valence-electron chi connectivity index (χ2n) is 6.89. The van der Waals surface area contributed by atoms with Crippen LogP contribution in [-0.4, -0.2) is 30.6 Å². The normalized spacial score (nSPS) is 19.0. The van der Waals surface area contributed by atoms with E-state index in [2.05, 4.69) is 61.3 Å². The molecule has 1 atom stereocenters. The van der Waals surface area contributed by atoms with Gasteiger partial charge in [-0.05, 0) is 43.8 Å². The molecule has 2 rings (SSSR count). The number of nitrogens with zero attached hydrogens (tertiary/aromatic N) is 1. The van der Waals surface area contributed by atoms with Gasteiger partial charge in [-0.25, -0.2) is 0 Å². The van der Waals surface area contributed by atoms with Gasteiger partial charge in [0.25, 0.3) is 0 Å². The molecule has 0 spiro atoms. The number of nitrogens with one attached hydrogen (secondary N) is 1. The molecule has 1 fully saturated rings. The monoisotopic (exact) mass is 288 g/mol. The second kappa shape index (κ2) is 8.55. The molecule has 0 radical (unpaired) electrons. The molecule has 2 heteroatoms. The van der Waals surface area contributed by atoms with Crippen LogP contribution in [0, 0.1) is 5.92 Å². The predicted octanol–water partition coefficient (Wildman–Crippen LogP) is 4.24. The summed E-state index contributed by atoms with van der Waals surface area (Å²) in [6.07, 6.45) is 5.05. The third-order valence-corrected chi connectivity index (χ3v) is 4.43. The van der Waals surface area contributed by atoms with E-state index in [1.807, 2.05) is 0 Å². The Morgan fingerprint density at radius 1 is 1.14 bits per heavy atom. The average molecular weight is 288 g/mol. The Morgan fingerprint density at radius 3 is 2.38 bits per heavy atom. The van der Waals surface area contributed by atoms with Gasteiger partial charge in [-0.1, -0.05) is 57.5 Å². The summed E-state index contributed by atoms with van der Waals surface area (Å²) in [7, 11) is 0. The van der Waals surface area contributed by atoms with Gasteiger partial charge in [0.1, 0.15) is 0 Å². The van der Waals surface area contributed by atoms with Gasteiger partial charge < -0.3 is 10.2 Å². The van der Waals surface area contributed by atoms with E-state index in [1.165, 1.54) is 50.9 Å². The first-order valence-corrected chi connectivity index (χ1v) is 8.72. The molecule has 1 aromatic rings. The first-order valence-electron chi connectivity index (χ1n) is 8.72. The molecular formula is C19H32N2. The third-order valence-electron chi connectivity index (χ3n) is 4.43. The highest BCUT2D eigenvalue weighted by Gasteiger charge is 2.22. The molecule has 0 amide bonds. The molecule has 118 valence electrons. The van der Waals surface area contributed by atoms with E-state index in [4.69, 9.17) is 0 Å². The highest BCUT2D eigenvalue weighted by Crippen LogP contribution is 2.22. The highest BCUT2D eigenvalue weighted by atomic mass is 15.1. The summed E-state index contributed by atoms with van der Waals surface area (Å²) in [6.45, 7) is 10.7. The van der Waals surface area contributed by atoms with E-state index in [1.54, 1.807) is 0 Å². The maximum absolute atomic E-state index is 3.92. The number of rotatable bonds is 7. The fraction of sp³-hybridized carbons (Fsp3) is 0.684. The van der Waals surface area contributed by atoms with Crippen molar-refractivity contribution in [2.45, 2.75) is 58.5 Å². The van der Waals surface area contributed by atoms with Crippen LogP contribution in [0.15, 0.2) is 30.3 Å². The summed E-state index contributed by atoms with van der Waals surface area (Å²) < 4.78 is 0. The lowest BCUT2D eigenvalue weighted by Gasteiger charge is -2.35. The number of piperidine rings is 1. The molecule has 0 bridgehead atoms. The van der Waals surface area contributed by atoms with E-state index >= 15 is 0 Å². The van der Waals surface area contributed by atoms with Crippen LogP contribution in [0.1, 0.15) is 58.1 Å². The Kier molecular flexibility index (Phi) is 6.72. The Hall–Kier alpha value is -0.860. The Labute approximate surface area is 130 Å². The second-order valence-corrected chi connectivity index (χ2v) is 6.89. The minimum absolute atomic E-state index is 0.526. The van der Waals surface area contributed by atoms with Crippen LogP contribution >= 0.6 is 0 Å². The molecule has 0 aromatic heterocycles. The van der Waals surface area contributed by atoms with Gasteiger partial charge in [-0.2, -0.15) is 0 Å². The van der Waals surface area contributed by atoms with E-state index in [0.29, 0.717) is 12.1 Å². The summed E-state index contributed by atoms with van der Waals surface area (Å²) in [5, 5.41) is 3.92. The summed E-state index contributed by atoms with van der Waals surface area (Å²) in [4.78, 5) is 2.63. The maximum atomic E-state index is 3.92. The van der Waals surface area contributed by atoms with Crippen LogP contribution in [0.5, 0.6) is 0 Å². The molecule has 21 heavy (non-hydrogen) atoms. The van der Waals surface area contributed by atoms with Crippen molar-refractivity contribution in [2.75, 3.05) is 19.6 Å². The number of likely N-dealkylation sites (tertiary alicyclic amines) is 1. The summed E-state index contributed by atoms with van der Waals surface area (Å²) >= 11 is 0. The Balaban J connectivity index is 1.85. The van der Waals surface area contributed by atoms with Gasteiger partial charge >= 0.3 is 0 Å². The van der Waals surface area contributed by atoms with Crippen molar-refractivity contribution in [1.29, 1.82) is 0 Å². The molecule has 1 saturated heterocycles. The fourth-order valence-corrected chi connectivity index (χ4v) is 3.40. The van der Waals surface area contributed by atoms with Crippen LogP contribution in [0.3, 0.4) is 0 Å². The molecule has 1 heterocycles. The molecule has 2 nitrogen and oxygen atoms in total. The van der Waals surface area contributed by atoms with Gasteiger partial charge in [0, 0.05) is 18.6 Å². The molecule has 1 unspecified atom stereocenters. The molecule has 1 aromatic carbocycles. The van der Waals surface area contributed by atoms with Crippen LogP contribution in [0.25, 0.3) is 0 Å². The van der Waals surface area contributed by atoms with Crippen molar-refractivity contribution in [3.05, 3.63) is 35.9 Å². The smallest absolute Gasteiger partial charge is 0.0322 e. The lowest BCUT2D eigenvalue weighted by molar-refractivity contribution is 0.173. The molecule has 0 aliphatic carbocycles. The SMILES string of the molecule is CCCC(NC1CCN(CC(C)C)CC1)c1ccccc1. The van der Waals surface area contributed by atoms with Crippen molar-refractivity contribution >= 4 is 0 Å². The topological polar surface area (TPSA) is 15.3 Å². The van der Waals surface area contributed by atoms with Crippen molar-refractivity contribution in [3.63, 3.8) is 0 Å². The van der Waals surface area contributed by atoms with Crippen molar-refractivity contribution < 1.29 is 0 Å². The van der Waals surface area contributed by atoms with Gasteiger partial charge in [0.05, 0.1) is 0 Å². The van der Waals surface area contributed by atoms with E-state index in [-0.39, 0.29) is 0 Å². The Morgan fingerprint density at radius 2 is 1.81 bits per heavy atom. The minimum Gasteiger partial charge on any atom is -0.307 e. The zero-order valence-electron chi connectivity index (χ0n) is 14.0. The largest absolute Gasteiger partial charge is 0.307 e. The van der Waals surface area contributed by atoms with Gasteiger partial charge in [-0.15, -0.1) is 0 Å². The van der Waals surface area contributed by atoms with Crippen molar-refractivity contribution in [3.8, 4) is 0 Å². The summed E-state index contributed by atoms with van der Waals surface area (Å²) in [5.74, 6) is 0.784. The summed E-state index contributed by atoms with van der Waals surface area (Å²) in [6, 6.07) is 12.2. The van der Waals surface area contributed by atoms with Crippen LogP contribution in [-0.2, 0) is 0 Å². The predicted molar refractivity (Wildman–Crippen MR) is 91.5 cm³/mol. The lowest BCUT2D eigenvalue weighted by Crippen LogP contribution is -2.44. The molecule has 0 saturated carbocycles. The Bertz CT molecular complexity index is 380. The van der Waals surface area contributed by atoms with Gasteiger partial charge in [0.2, 0.25) is 0 Å². The highest BCUT2D eigenvalue weighted by molar-refractivity contribution is 5.19. The zero-order chi connectivity index (χ0) is 15.1. The van der Waals surface area contributed by atoms with E-state index in [9.17, 15) is 0 Å². The number of benzene rings is 1. The first-order chi connectivity index (χ1) is 10.2. The molecule has 1 aliphatic rings. The summed E-state index contributed by atoms with van der Waals surface area (Å²) in [5.41, 5.74) is 1.45. The number of hydrogen-bond donors (Lipinski definition) is 1. The van der Waals surface area contributed by atoms with Crippen LogP contribution in [0.4, 0.5) is 0 Å². The van der Waals surface area contributed by atoms with Gasteiger partial charge in [0.15, 0.2) is 0 Å². The standard InChI is InChI=1S/C19H32N2/c1-4-8-19(17-9-6-5-7-10-17)20-18-11-13-21(14-12-18)15-16(2)3/h5-7,9-10,16,18-20H,4,8,11-15H2,1-3H3. The van der Waals surface area contributed by atoms with E-state index < -0.39 is 0 Å².